The molecule has 0 saturated carbocycles. The van der Waals surface area contributed by atoms with Crippen molar-refractivity contribution in [2.75, 3.05) is 6.54 Å². The number of nitrogens with zero attached hydrogens (tertiary/aromatic N) is 2. The molecule has 3 aromatic rings. The lowest BCUT2D eigenvalue weighted by Gasteiger charge is -2.11. The van der Waals surface area contributed by atoms with E-state index in [4.69, 9.17) is 9.52 Å². The molecule has 7 heteroatoms. The second kappa shape index (κ2) is 8.42. The van der Waals surface area contributed by atoms with Crippen LogP contribution in [0.5, 0.6) is 0 Å². The van der Waals surface area contributed by atoms with Crippen molar-refractivity contribution in [2.45, 2.75) is 6.92 Å². The lowest BCUT2D eigenvalue weighted by atomic mass is 10.1. The second-order valence-electron chi connectivity index (χ2n) is 6.48. The van der Waals surface area contributed by atoms with Crippen molar-refractivity contribution in [1.29, 1.82) is 0 Å². The maximum atomic E-state index is 12.8. The third-order valence-corrected chi connectivity index (χ3v) is 5.49. The molecule has 1 fully saturated rings. The van der Waals surface area contributed by atoms with Crippen LogP contribution in [0.15, 0.2) is 81.0 Å². The number of furan rings is 1. The van der Waals surface area contributed by atoms with E-state index in [1.165, 1.54) is 17.8 Å². The Hall–Kier alpha value is -3.58. The fourth-order valence-corrected chi connectivity index (χ4v) is 4.05. The quantitative estimate of drug-likeness (QED) is 0.571. The van der Waals surface area contributed by atoms with Crippen LogP contribution < -0.4 is 0 Å². The summed E-state index contributed by atoms with van der Waals surface area (Å²) in [5.41, 5.74) is 1.63. The standard InChI is InChI=1S/C23H18N2O4S/c1-2-25-21(26)20(30-23(25)24-17-9-4-3-5-10-17)14-18-11-12-19(29-18)15-7-6-8-16(13-15)22(27)28/h3-14H,2H2,1H3,(H,27,28). The van der Waals surface area contributed by atoms with E-state index in [-0.39, 0.29) is 11.5 Å². The van der Waals surface area contributed by atoms with Crippen LogP contribution in [0.1, 0.15) is 23.0 Å². The highest BCUT2D eigenvalue weighted by Gasteiger charge is 2.32. The number of benzene rings is 2. The fourth-order valence-electron chi connectivity index (χ4n) is 3.00. The summed E-state index contributed by atoms with van der Waals surface area (Å²) < 4.78 is 5.84. The minimum atomic E-state index is -0.997. The van der Waals surface area contributed by atoms with E-state index in [0.29, 0.717) is 33.7 Å². The number of carboxylic acid groups (broad SMARTS) is 1. The average Bonchev–Trinajstić information content (AvgIpc) is 3.34. The Labute approximate surface area is 177 Å². The maximum absolute atomic E-state index is 12.8. The Bertz CT molecular complexity index is 1160. The third kappa shape index (κ3) is 4.06. The van der Waals surface area contributed by atoms with Crippen LogP contribution in [-0.4, -0.2) is 33.6 Å². The molecule has 0 spiro atoms. The van der Waals surface area contributed by atoms with Crippen molar-refractivity contribution in [3.8, 4) is 11.3 Å². The van der Waals surface area contributed by atoms with Crippen LogP contribution in [-0.2, 0) is 4.79 Å². The van der Waals surface area contributed by atoms with Gasteiger partial charge >= 0.3 is 5.97 Å². The third-order valence-electron chi connectivity index (χ3n) is 4.48. The van der Waals surface area contributed by atoms with E-state index in [0.717, 1.165) is 5.69 Å². The largest absolute Gasteiger partial charge is 0.478 e. The molecule has 0 radical (unpaired) electrons. The van der Waals surface area contributed by atoms with Crippen molar-refractivity contribution >= 4 is 40.6 Å². The number of carboxylic acids is 1. The average molecular weight is 418 g/mol. The Morgan fingerprint density at radius 3 is 2.67 bits per heavy atom. The van der Waals surface area contributed by atoms with Crippen LogP contribution in [0, 0.1) is 0 Å². The number of aliphatic imine (C=N–C) groups is 1. The number of thioether (sulfide) groups is 1. The van der Waals surface area contributed by atoms with E-state index in [2.05, 4.69) is 4.99 Å². The predicted molar refractivity (Wildman–Crippen MR) is 118 cm³/mol. The number of hydrogen-bond acceptors (Lipinski definition) is 5. The minimum absolute atomic E-state index is 0.122. The topological polar surface area (TPSA) is 83.1 Å². The van der Waals surface area contributed by atoms with Gasteiger partial charge in [0.05, 0.1) is 16.2 Å². The zero-order valence-electron chi connectivity index (χ0n) is 16.1. The van der Waals surface area contributed by atoms with Gasteiger partial charge in [0.1, 0.15) is 11.5 Å². The molecular formula is C23H18N2O4S. The molecule has 30 heavy (non-hydrogen) atoms. The molecule has 150 valence electrons. The first kappa shape index (κ1) is 19.7. The predicted octanol–water partition coefficient (Wildman–Crippen LogP) is 5.27. The lowest BCUT2D eigenvalue weighted by molar-refractivity contribution is -0.122. The number of amidine groups is 1. The molecule has 1 aliphatic rings. The molecular weight excluding hydrogens is 400 g/mol. The molecule has 6 nitrogen and oxygen atoms in total. The zero-order valence-corrected chi connectivity index (χ0v) is 16.9. The van der Waals surface area contributed by atoms with Gasteiger partial charge in [0, 0.05) is 18.2 Å². The molecule has 0 atom stereocenters. The summed E-state index contributed by atoms with van der Waals surface area (Å²) in [4.78, 5) is 30.7. The number of amides is 1. The van der Waals surface area contributed by atoms with Gasteiger partial charge in [-0.05, 0) is 55.1 Å². The van der Waals surface area contributed by atoms with E-state index in [1.54, 1.807) is 41.3 Å². The van der Waals surface area contributed by atoms with Crippen LogP contribution in [0.25, 0.3) is 17.4 Å². The number of hydrogen-bond donors (Lipinski definition) is 1. The van der Waals surface area contributed by atoms with Crippen LogP contribution >= 0.6 is 11.8 Å². The summed E-state index contributed by atoms with van der Waals surface area (Å²) in [6, 6.07) is 19.5. The zero-order chi connectivity index (χ0) is 21.1. The van der Waals surface area contributed by atoms with Crippen molar-refractivity contribution in [3.63, 3.8) is 0 Å². The second-order valence-corrected chi connectivity index (χ2v) is 7.49. The highest BCUT2D eigenvalue weighted by Crippen LogP contribution is 2.34. The lowest BCUT2D eigenvalue weighted by Crippen LogP contribution is -2.28. The molecule has 4 rings (SSSR count). The number of para-hydroxylation sites is 1. The molecule has 2 heterocycles. The van der Waals surface area contributed by atoms with Gasteiger partial charge in [0.2, 0.25) is 0 Å². The summed E-state index contributed by atoms with van der Waals surface area (Å²) >= 11 is 1.30. The summed E-state index contributed by atoms with van der Waals surface area (Å²) in [5.74, 6) is -0.0730. The van der Waals surface area contributed by atoms with Crippen LogP contribution in [0.4, 0.5) is 5.69 Å². The molecule has 1 N–H and O–H groups in total. The Kier molecular flexibility index (Phi) is 5.54. The maximum Gasteiger partial charge on any atom is 0.335 e. The summed E-state index contributed by atoms with van der Waals surface area (Å²) in [7, 11) is 0. The first-order valence-corrected chi connectivity index (χ1v) is 10.2. The molecule has 1 aliphatic heterocycles. The highest BCUT2D eigenvalue weighted by atomic mass is 32.2. The SMILES string of the molecule is CCN1C(=O)C(=Cc2ccc(-c3cccc(C(=O)O)c3)o2)SC1=Nc1ccccc1. The molecule has 0 unspecified atom stereocenters. The number of rotatable bonds is 5. The van der Waals surface area contributed by atoms with Gasteiger partial charge in [-0.2, -0.15) is 0 Å². The first-order chi connectivity index (χ1) is 14.5. The molecule has 1 amide bonds. The normalized spacial score (nSPS) is 16.6. The monoisotopic (exact) mass is 418 g/mol. The van der Waals surface area contributed by atoms with Gasteiger partial charge < -0.3 is 9.52 Å². The number of carbonyl (C=O) groups excluding carboxylic acids is 1. The van der Waals surface area contributed by atoms with E-state index in [9.17, 15) is 9.59 Å². The Morgan fingerprint density at radius 2 is 1.93 bits per heavy atom. The number of aromatic carboxylic acids is 1. The number of likely N-dealkylation sites (N-methyl/N-ethyl adjacent to an activating group) is 1. The van der Waals surface area contributed by atoms with Gasteiger partial charge in [0.15, 0.2) is 5.17 Å². The molecule has 0 bridgehead atoms. The van der Waals surface area contributed by atoms with Gasteiger partial charge in [-0.25, -0.2) is 9.79 Å². The molecule has 2 aromatic carbocycles. The summed E-state index contributed by atoms with van der Waals surface area (Å²) in [6.45, 7) is 2.42. The van der Waals surface area contributed by atoms with Crippen molar-refractivity contribution in [3.05, 3.63) is 83.0 Å². The van der Waals surface area contributed by atoms with Crippen LogP contribution in [0.3, 0.4) is 0 Å². The van der Waals surface area contributed by atoms with E-state index in [1.807, 2.05) is 37.3 Å². The van der Waals surface area contributed by atoms with Crippen LogP contribution in [0.2, 0.25) is 0 Å². The van der Waals surface area contributed by atoms with Gasteiger partial charge in [-0.15, -0.1) is 0 Å². The van der Waals surface area contributed by atoms with E-state index < -0.39 is 5.97 Å². The minimum Gasteiger partial charge on any atom is -0.478 e. The first-order valence-electron chi connectivity index (χ1n) is 9.34. The summed E-state index contributed by atoms with van der Waals surface area (Å²) in [5, 5.41) is 9.79. The number of carbonyl (C=O) groups is 2. The van der Waals surface area contributed by atoms with Gasteiger partial charge in [-0.1, -0.05) is 30.3 Å². The van der Waals surface area contributed by atoms with E-state index >= 15 is 0 Å². The molecule has 0 aliphatic carbocycles. The Balaban J connectivity index is 1.61. The smallest absolute Gasteiger partial charge is 0.335 e. The van der Waals surface area contributed by atoms with Crippen molar-refractivity contribution in [2.24, 2.45) is 4.99 Å². The van der Waals surface area contributed by atoms with Gasteiger partial charge in [-0.3, -0.25) is 9.69 Å². The molecule has 1 saturated heterocycles. The highest BCUT2D eigenvalue weighted by molar-refractivity contribution is 8.18. The summed E-state index contributed by atoms with van der Waals surface area (Å²) in [6.07, 6.45) is 1.69. The molecule has 1 aromatic heterocycles. The van der Waals surface area contributed by atoms with Gasteiger partial charge in [0.25, 0.3) is 5.91 Å². The van der Waals surface area contributed by atoms with Crippen molar-refractivity contribution < 1.29 is 19.1 Å². The van der Waals surface area contributed by atoms with Crippen molar-refractivity contribution in [1.82, 2.24) is 4.90 Å². The fraction of sp³-hybridized carbons (Fsp3) is 0.0870. The Morgan fingerprint density at radius 1 is 1.13 bits per heavy atom.